The van der Waals surface area contributed by atoms with Crippen LogP contribution in [0.25, 0.3) is 0 Å². The van der Waals surface area contributed by atoms with E-state index in [1.165, 1.54) is 12.7 Å². The van der Waals surface area contributed by atoms with Crippen molar-refractivity contribution in [2.75, 3.05) is 39.2 Å². The summed E-state index contributed by atoms with van der Waals surface area (Å²) < 4.78 is 12.8. The third-order valence-electron chi connectivity index (χ3n) is 6.51. The van der Waals surface area contributed by atoms with Crippen molar-refractivity contribution in [1.29, 1.82) is 0 Å². The van der Waals surface area contributed by atoms with Gasteiger partial charge >= 0.3 is 6.03 Å². The highest BCUT2D eigenvalue weighted by atomic mass is 16.5. The zero-order valence-corrected chi connectivity index (χ0v) is 21.4. The van der Waals surface area contributed by atoms with Gasteiger partial charge in [-0.1, -0.05) is 36.8 Å². The maximum atomic E-state index is 13.7. The number of hydrogen-bond acceptors (Lipinski definition) is 4. The minimum Gasteiger partial charge on any atom is -0.497 e. The maximum Gasteiger partial charge on any atom is 0.322 e. The Bertz CT molecular complexity index is 1200. The van der Waals surface area contributed by atoms with E-state index in [-0.39, 0.29) is 24.5 Å². The Morgan fingerprint density at radius 3 is 2.53 bits per heavy atom. The molecule has 4 rings (SSSR count). The number of urea groups is 1. The number of nitrogens with zero attached hydrogens (tertiary/aromatic N) is 3. The second-order valence-corrected chi connectivity index (χ2v) is 8.94. The molecule has 0 aliphatic carbocycles. The van der Waals surface area contributed by atoms with Crippen molar-refractivity contribution in [2.45, 2.75) is 32.9 Å². The number of rotatable bonds is 8. The number of aryl methyl sites for hydroxylation is 1. The van der Waals surface area contributed by atoms with Crippen LogP contribution in [0, 0.1) is 6.92 Å². The van der Waals surface area contributed by atoms with Crippen LogP contribution in [0.3, 0.4) is 0 Å². The Kier molecular flexibility index (Phi) is 7.83. The average Bonchev–Trinajstić information content (AvgIpc) is 3.37. The molecule has 0 fully saturated rings. The maximum absolute atomic E-state index is 13.7. The fourth-order valence-corrected chi connectivity index (χ4v) is 4.62. The van der Waals surface area contributed by atoms with Gasteiger partial charge in [0.1, 0.15) is 18.0 Å². The van der Waals surface area contributed by atoms with E-state index >= 15 is 0 Å². The second kappa shape index (κ2) is 11.2. The molecule has 36 heavy (non-hydrogen) atoms. The lowest BCUT2D eigenvalue weighted by molar-refractivity contribution is -0.134. The smallest absolute Gasteiger partial charge is 0.322 e. The van der Waals surface area contributed by atoms with Crippen LogP contribution in [0.1, 0.15) is 36.2 Å². The Labute approximate surface area is 212 Å². The highest BCUT2D eigenvalue weighted by molar-refractivity contribution is 5.94. The van der Waals surface area contributed by atoms with E-state index in [9.17, 15) is 9.59 Å². The number of carbonyl (C=O) groups is 2. The van der Waals surface area contributed by atoms with Crippen LogP contribution in [-0.4, -0.2) is 60.2 Å². The molecule has 2 heterocycles. The van der Waals surface area contributed by atoms with E-state index < -0.39 is 0 Å². The lowest BCUT2D eigenvalue weighted by Gasteiger charge is -2.38. The molecular formula is C28H34N4O4. The fourth-order valence-electron chi connectivity index (χ4n) is 4.62. The molecule has 0 saturated heterocycles. The molecule has 0 bridgehead atoms. The Morgan fingerprint density at radius 1 is 1.06 bits per heavy atom. The van der Waals surface area contributed by atoms with Crippen LogP contribution in [0.4, 0.5) is 10.5 Å². The summed E-state index contributed by atoms with van der Waals surface area (Å²) >= 11 is 0. The fraction of sp³-hybridized carbons (Fsp3) is 0.357. The van der Waals surface area contributed by atoms with Gasteiger partial charge in [-0.15, -0.1) is 0 Å². The van der Waals surface area contributed by atoms with Gasteiger partial charge < -0.3 is 29.2 Å². The molecule has 0 spiro atoms. The first-order valence-electron chi connectivity index (χ1n) is 12.2. The van der Waals surface area contributed by atoms with Crippen LogP contribution in [0.15, 0.2) is 60.8 Å². The number of hydrogen-bond donors (Lipinski definition) is 1. The van der Waals surface area contributed by atoms with Crippen molar-refractivity contribution in [3.05, 3.63) is 77.6 Å². The minimum absolute atomic E-state index is 0.0127. The normalized spacial score (nSPS) is 14.7. The highest BCUT2D eigenvalue weighted by Gasteiger charge is 2.33. The number of aromatic nitrogens is 1. The average molecular weight is 491 g/mol. The Balaban J connectivity index is 1.55. The molecule has 3 amide bonds. The van der Waals surface area contributed by atoms with Crippen LogP contribution >= 0.6 is 0 Å². The number of carbonyl (C=O) groups excluding carboxylic acids is 2. The zero-order chi connectivity index (χ0) is 25.7. The van der Waals surface area contributed by atoms with Crippen molar-refractivity contribution < 1.29 is 19.1 Å². The molecule has 1 N–H and O–H groups in total. The second-order valence-electron chi connectivity index (χ2n) is 8.94. The van der Waals surface area contributed by atoms with Crippen LogP contribution in [0.2, 0.25) is 0 Å². The first-order chi connectivity index (χ1) is 17.4. The van der Waals surface area contributed by atoms with Crippen molar-refractivity contribution in [2.24, 2.45) is 0 Å². The standard InChI is InChI=1S/C28H34N4O4/c1-5-14-31(28(34)29-23-13-12-22(35-3)18-25(23)36-4)19-26(33)32-17-16-30-15-6-7-24(30)27(32)21-10-8-20(2)9-11-21/h6-13,15,18,27H,5,14,16-17,19H2,1-4H3,(H,29,34)/t27-/m0/s1. The molecule has 8 heteroatoms. The lowest BCUT2D eigenvalue weighted by Crippen LogP contribution is -2.48. The van der Waals surface area contributed by atoms with E-state index in [4.69, 9.17) is 9.47 Å². The Morgan fingerprint density at radius 2 is 1.83 bits per heavy atom. The molecule has 8 nitrogen and oxygen atoms in total. The molecule has 3 aromatic rings. The number of ether oxygens (including phenoxy) is 2. The first kappa shape index (κ1) is 25.2. The number of benzene rings is 2. The summed E-state index contributed by atoms with van der Waals surface area (Å²) in [7, 11) is 3.11. The van der Waals surface area contributed by atoms with Crippen LogP contribution < -0.4 is 14.8 Å². The van der Waals surface area contributed by atoms with E-state index in [0.717, 1.165) is 24.2 Å². The van der Waals surface area contributed by atoms with Gasteiger partial charge in [0.25, 0.3) is 0 Å². The predicted octanol–water partition coefficient (Wildman–Crippen LogP) is 4.69. The van der Waals surface area contributed by atoms with E-state index in [1.807, 2.05) is 17.9 Å². The molecule has 1 aliphatic heterocycles. The SMILES string of the molecule is CCCN(CC(=O)N1CCn2cccc2[C@@H]1c1ccc(C)cc1)C(=O)Nc1ccc(OC)cc1OC. The number of anilines is 1. The monoisotopic (exact) mass is 490 g/mol. The van der Waals surface area contributed by atoms with Gasteiger partial charge in [0.15, 0.2) is 0 Å². The van der Waals surface area contributed by atoms with Gasteiger partial charge in [0.05, 0.1) is 25.9 Å². The Hall–Kier alpha value is -3.94. The van der Waals surface area contributed by atoms with Gasteiger partial charge in [-0.25, -0.2) is 4.79 Å². The largest absolute Gasteiger partial charge is 0.497 e. The number of fused-ring (bicyclic) bond motifs is 1. The van der Waals surface area contributed by atoms with Gasteiger partial charge in [0, 0.05) is 37.6 Å². The molecule has 0 saturated carbocycles. The summed E-state index contributed by atoms with van der Waals surface area (Å²) in [6.07, 6.45) is 2.78. The molecule has 0 unspecified atom stereocenters. The molecular weight excluding hydrogens is 456 g/mol. The van der Waals surface area contributed by atoms with Crippen LogP contribution in [0.5, 0.6) is 11.5 Å². The van der Waals surface area contributed by atoms with Crippen molar-refractivity contribution in [3.8, 4) is 11.5 Å². The van der Waals surface area contributed by atoms with Crippen LogP contribution in [-0.2, 0) is 11.3 Å². The van der Waals surface area contributed by atoms with Gasteiger partial charge in [0.2, 0.25) is 5.91 Å². The van der Waals surface area contributed by atoms with E-state index in [0.29, 0.717) is 30.3 Å². The zero-order valence-electron chi connectivity index (χ0n) is 21.4. The summed E-state index contributed by atoms with van der Waals surface area (Å²) in [5, 5.41) is 2.90. The highest BCUT2D eigenvalue weighted by Crippen LogP contribution is 2.33. The van der Waals surface area contributed by atoms with Crippen molar-refractivity contribution in [1.82, 2.24) is 14.4 Å². The number of nitrogens with one attached hydrogen (secondary N) is 1. The first-order valence-corrected chi connectivity index (χ1v) is 12.2. The quantitative estimate of drug-likeness (QED) is 0.497. The number of amides is 3. The molecule has 1 atom stereocenters. The molecule has 190 valence electrons. The summed E-state index contributed by atoms with van der Waals surface area (Å²) in [6, 6.07) is 17.0. The van der Waals surface area contributed by atoms with Crippen molar-refractivity contribution in [3.63, 3.8) is 0 Å². The third kappa shape index (κ3) is 5.32. The number of methoxy groups -OCH3 is 2. The molecule has 1 aromatic heterocycles. The lowest BCUT2D eigenvalue weighted by atomic mass is 9.98. The topological polar surface area (TPSA) is 76.0 Å². The third-order valence-corrected chi connectivity index (χ3v) is 6.51. The predicted molar refractivity (Wildman–Crippen MR) is 140 cm³/mol. The summed E-state index contributed by atoms with van der Waals surface area (Å²) in [4.78, 5) is 30.4. The van der Waals surface area contributed by atoms with Gasteiger partial charge in [-0.05, 0) is 43.2 Å². The summed E-state index contributed by atoms with van der Waals surface area (Å²) in [5.41, 5.74) is 3.82. The molecule has 2 aromatic carbocycles. The van der Waals surface area contributed by atoms with E-state index in [1.54, 1.807) is 30.2 Å². The van der Waals surface area contributed by atoms with Gasteiger partial charge in [-0.3, -0.25) is 4.79 Å². The summed E-state index contributed by atoms with van der Waals surface area (Å²) in [6.45, 7) is 5.78. The minimum atomic E-state index is -0.346. The molecule has 0 radical (unpaired) electrons. The van der Waals surface area contributed by atoms with Crippen molar-refractivity contribution >= 4 is 17.6 Å². The molecule has 1 aliphatic rings. The summed E-state index contributed by atoms with van der Waals surface area (Å²) in [5.74, 6) is 1.03. The van der Waals surface area contributed by atoms with Gasteiger partial charge in [-0.2, -0.15) is 0 Å². The van der Waals surface area contributed by atoms with E-state index in [2.05, 4.69) is 53.3 Å².